The summed E-state index contributed by atoms with van der Waals surface area (Å²) in [6.07, 6.45) is 1.81. The van der Waals surface area contributed by atoms with Crippen LogP contribution in [0.3, 0.4) is 0 Å². The maximum atomic E-state index is 12.4. The molecule has 0 aromatic heterocycles. The first-order valence-electron chi connectivity index (χ1n) is 8.12. The van der Waals surface area contributed by atoms with Crippen molar-refractivity contribution in [2.75, 3.05) is 18.4 Å². The zero-order valence-corrected chi connectivity index (χ0v) is 14.2. The first-order valence-corrected chi connectivity index (χ1v) is 8.12. The van der Waals surface area contributed by atoms with E-state index in [-0.39, 0.29) is 11.3 Å². The number of nitrogens with one attached hydrogen (secondary N) is 1. The Balaban J connectivity index is 1.86. The first kappa shape index (κ1) is 17.3. The van der Waals surface area contributed by atoms with Crippen molar-refractivity contribution in [3.05, 3.63) is 29.8 Å². The summed E-state index contributed by atoms with van der Waals surface area (Å²) in [6.45, 7) is 7.45. The molecule has 0 spiro atoms. The number of amides is 1. The average Bonchev–Trinajstić information content (AvgIpc) is 2.54. The van der Waals surface area contributed by atoms with Gasteiger partial charge in [-0.25, -0.2) is 0 Å². The molecule has 1 atom stereocenters. The van der Waals surface area contributed by atoms with E-state index in [2.05, 4.69) is 11.4 Å². The molecule has 0 aliphatic carbocycles. The molecule has 0 bridgehead atoms. The second kappa shape index (κ2) is 7.01. The SMILES string of the molecule is CC(C)(C)[C@H](N)C(=O)N1CCC(Nc2ccc(C#N)cc2)CC1. The fraction of sp³-hybridized carbons (Fsp3) is 0.556. The van der Waals surface area contributed by atoms with Crippen molar-refractivity contribution >= 4 is 11.6 Å². The summed E-state index contributed by atoms with van der Waals surface area (Å²) in [5.74, 6) is 0.0503. The lowest BCUT2D eigenvalue weighted by Gasteiger charge is -2.37. The van der Waals surface area contributed by atoms with E-state index in [0.29, 0.717) is 11.6 Å². The van der Waals surface area contributed by atoms with Gasteiger partial charge in [-0.3, -0.25) is 4.79 Å². The van der Waals surface area contributed by atoms with Crippen LogP contribution in [0.1, 0.15) is 39.2 Å². The summed E-state index contributed by atoms with van der Waals surface area (Å²) in [5.41, 5.74) is 7.54. The quantitative estimate of drug-likeness (QED) is 0.897. The van der Waals surface area contributed by atoms with Gasteiger partial charge in [0.05, 0.1) is 17.7 Å². The monoisotopic (exact) mass is 314 g/mol. The minimum absolute atomic E-state index is 0.0503. The van der Waals surface area contributed by atoms with Gasteiger partial charge in [0.2, 0.25) is 5.91 Å². The molecule has 0 radical (unpaired) electrons. The molecule has 23 heavy (non-hydrogen) atoms. The molecule has 1 heterocycles. The largest absolute Gasteiger partial charge is 0.382 e. The van der Waals surface area contributed by atoms with Crippen molar-refractivity contribution < 1.29 is 4.79 Å². The number of piperidine rings is 1. The number of rotatable bonds is 3. The van der Waals surface area contributed by atoms with Gasteiger partial charge in [0.25, 0.3) is 0 Å². The molecule has 124 valence electrons. The molecule has 0 saturated carbocycles. The lowest BCUT2D eigenvalue weighted by molar-refractivity contribution is -0.135. The predicted molar refractivity (Wildman–Crippen MR) is 91.8 cm³/mol. The summed E-state index contributed by atoms with van der Waals surface area (Å²) in [7, 11) is 0. The highest BCUT2D eigenvalue weighted by Crippen LogP contribution is 2.22. The van der Waals surface area contributed by atoms with Gasteiger partial charge < -0.3 is 16.0 Å². The molecular formula is C18H26N4O. The van der Waals surface area contributed by atoms with Crippen molar-refractivity contribution in [2.24, 2.45) is 11.1 Å². The molecule has 1 fully saturated rings. The molecule has 1 aromatic carbocycles. The van der Waals surface area contributed by atoms with Gasteiger partial charge in [0.1, 0.15) is 0 Å². The summed E-state index contributed by atoms with van der Waals surface area (Å²) in [6, 6.07) is 9.47. The van der Waals surface area contributed by atoms with E-state index in [1.165, 1.54) is 0 Å². The smallest absolute Gasteiger partial charge is 0.240 e. The van der Waals surface area contributed by atoms with Crippen molar-refractivity contribution in [1.82, 2.24) is 4.90 Å². The number of nitriles is 1. The Morgan fingerprint density at radius 3 is 2.35 bits per heavy atom. The number of nitrogens with two attached hydrogens (primary N) is 1. The molecule has 3 N–H and O–H groups in total. The molecule has 0 unspecified atom stereocenters. The zero-order valence-electron chi connectivity index (χ0n) is 14.2. The number of hydrogen-bond acceptors (Lipinski definition) is 4. The van der Waals surface area contributed by atoms with E-state index in [0.717, 1.165) is 31.6 Å². The summed E-state index contributed by atoms with van der Waals surface area (Å²) in [5, 5.41) is 12.3. The highest BCUT2D eigenvalue weighted by Gasteiger charge is 2.32. The Hall–Kier alpha value is -2.06. The Labute approximate surface area is 138 Å². The second-order valence-corrected chi connectivity index (χ2v) is 7.28. The van der Waals surface area contributed by atoms with Gasteiger partial charge in [-0.1, -0.05) is 20.8 Å². The Morgan fingerprint density at radius 2 is 1.87 bits per heavy atom. The van der Waals surface area contributed by atoms with Crippen molar-refractivity contribution in [3.63, 3.8) is 0 Å². The van der Waals surface area contributed by atoms with Crippen LogP contribution in [0.2, 0.25) is 0 Å². The maximum absolute atomic E-state index is 12.4. The summed E-state index contributed by atoms with van der Waals surface area (Å²) < 4.78 is 0. The highest BCUT2D eigenvalue weighted by molar-refractivity contribution is 5.82. The van der Waals surface area contributed by atoms with Crippen LogP contribution in [-0.2, 0) is 4.79 Å². The lowest BCUT2D eigenvalue weighted by atomic mass is 9.86. The van der Waals surface area contributed by atoms with E-state index in [9.17, 15) is 4.79 Å². The number of carbonyl (C=O) groups is 1. The van der Waals surface area contributed by atoms with Crippen LogP contribution in [-0.4, -0.2) is 36.0 Å². The van der Waals surface area contributed by atoms with E-state index < -0.39 is 6.04 Å². The molecule has 1 saturated heterocycles. The maximum Gasteiger partial charge on any atom is 0.240 e. The number of likely N-dealkylation sites (tertiary alicyclic amines) is 1. The second-order valence-electron chi connectivity index (χ2n) is 7.28. The summed E-state index contributed by atoms with van der Waals surface area (Å²) >= 11 is 0. The van der Waals surface area contributed by atoms with Crippen LogP contribution in [0.25, 0.3) is 0 Å². The molecule has 5 heteroatoms. The normalized spacial score (nSPS) is 17.4. The van der Waals surface area contributed by atoms with Gasteiger partial charge in [0.15, 0.2) is 0 Å². The third kappa shape index (κ3) is 4.46. The topological polar surface area (TPSA) is 82.2 Å². The average molecular weight is 314 g/mol. The van der Waals surface area contributed by atoms with Crippen LogP contribution in [0, 0.1) is 16.7 Å². The third-order valence-corrected chi connectivity index (χ3v) is 4.39. The number of carbonyl (C=O) groups excluding carboxylic acids is 1. The Bertz CT molecular complexity index is 575. The lowest BCUT2D eigenvalue weighted by Crippen LogP contribution is -2.53. The molecule has 5 nitrogen and oxygen atoms in total. The molecule has 1 aliphatic rings. The molecule has 1 aliphatic heterocycles. The number of benzene rings is 1. The highest BCUT2D eigenvalue weighted by atomic mass is 16.2. The van der Waals surface area contributed by atoms with E-state index in [4.69, 9.17) is 11.0 Å². The van der Waals surface area contributed by atoms with Crippen LogP contribution in [0.4, 0.5) is 5.69 Å². The fourth-order valence-corrected chi connectivity index (χ4v) is 2.69. The van der Waals surface area contributed by atoms with E-state index >= 15 is 0 Å². The molecule has 1 amide bonds. The van der Waals surface area contributed by atoms with Gasteiger partial charge in [-0.15, -0.1) is 0 Å². The third-order valence-electron chi connectivity index (χ3n) is 4.39. The Kier molecular flexibility index (Phi) is 5.27. The Morgan fingerprint density at radius 1 is 1.30 bits per heavy atom. The number of hydrogen-bond donors (Lipinski definition) is 2. The molecule has 1 aromatic rings. The number of nitrogens with zero attached hydrogens (tertiary/aromatic N) is 2. The van der Waals surface area contributed by atoms with Crippen LogP contribution in [0.15, 0.2) is 24.3 Å². The first-order chi connectivity index (χ1) is 10.8. The molecular weight excluding hydrogens is 288 g/mol. The van der Waals surface area contributed by atoms with E-state index in [1.54, 1.807) is 0 Å². The molecule has 2 rings (SSSR count). The minimum Gasteiger partial charge on any atom is -0.382 e. The standard InChI is InChI=1S/C18H26N4O/c1-18(2,3)16(20)17(23)22-10-8-15(9-11-22)21-14-6-4-13(12-19)5-7-14/h4-7,15-16,21H,8-11,20H2,1-3H3/t16-/m1/s1. The van der Waals surface area contributed by atoms with Gasteiger partial charge in [0, 0.05) is 24.8 Å². The minimum atomic E-state index is -0.453. The predicted octanol–water partition coefficient (Wildman–Crippen LogP) is 2.33. The van der Waals surface area contributed by atoms with Crippen molar-refractivity contribution in [1.29, 1.82) is 5.26 Å². The van der Waals surface area contributed by atoms with E-state index in [1.807, 2.05) is 49.9 Å². The van der Waals surface area contributed by atoms with Gasteiger partial charge in [-0.2, -0.15) is 5.26 Å². The van der Waals surface area contributed by atoms with Gasteiger partial charge in [-0.05, 0) is 42.5 Å². The van der Waals surface area contributed by atoms with Gasteiger partial charge >= 0.3 is 0 Å². The summed E-state index contributed by atoms with van der Waals surface area (Å²) in [4.78, 5) is 14.3. The fourth-order valence-electron chi connectivity index (χ4n) is 2.69. The van der Waals surface area contributed by atoms with Crippen molar-refractivity contribution in [3.8, 4) is 6.07 Å². The van der Waals surface area contributed by atoms with Crippen LogP contribution < -0.4 is 11.1 Å². The van der Waals surface area contributed by atoms with Crippen LogP contribution >= 0.6 is 0 Å². The van der Waals surface area contributed by atoms with Crippen LogP contribution in [0.5, 0.6) is 0 Å². The number of anilines is 1. The van der Waals surface area contributed by atoms with Crippen molar-refractivity contribution in [2.45, 2.75) is 45.7 Å². The zero-order chi connectivity index (χ0) is 17.0.